The molecule has 1 atom stereocenters. The molecule has 5 nitrogen and oxygen atoms in total. The largest absolute Gasteiger partial charge is 0.396 e. The molecule has 23 heavy (non-hydrogen) atoms. The monoisotopic (exact) mass is 335 g/mol. The van der Waals surface area contributed by atoms with Gasteiger partial charge in [-0.3, -0.25) is 9.20 Å². The Morgan fingerprint density at radius 2 is 2.26 bits per heavy atom. The van der Waals surface area contributed by atoms with Gasteiger partial charge in [0.05, 0.1) is 10.7 Å². The van der Waals surface area contributed by atoms with Crippen LogP contribution in [0.15, 0.2) is 18.3 Å². The number of halogens is 1. The van der Waals surface area contributed by atoms with Gasteiger partial charge in [0.25, 0.3) is 5.91 Å². The molecule has 1 saturated heterocycles. The van der Waals surface area contributed by atoms with Crippen LogP contribution in [0.2, 0.25) is 5.02 Å². The number of imidazole rings is 1. The van der Waals surface area contributed by atoms with Crippen molar-refractivity contribution in [3.63, 3.8) is 0 Å². The Morgan fingerprint density at radius 1 is 1.43 bits per heavy atom. The van der Waals surface area contributed by atoms with E-state index in [-0.39, 0.29) is 18.6 Å². The fourth-order valence-electron chi connectivity index (χ4n) is 3.39. The fraction of sp³-hybridized carbons (Fsp3) is 0.529. The van der Waals surface area contributed by atoms with Crippen LogP contribution >= 0.6 is 11.6 Å². The predicted molar refractivity (Wildman–Crippen MR) is 90.0 cm³/mol. The minimum atomic E-state index is -0.00485. The van der Waals surface area contributed by atoms with Crippen molar-refractivity contribution in [3.8, 4) is 0 Å². The summed E-state index contributed by atoms with van der Waals surface area (Å²) in [5, 5.41) is 9.87. The van der Waals surface area contributed by atoms with Gasteiger partial charge in [-0.05, 0) is 44.2 Å². The van der Waals surface area contributed by atoms with Crippen molar-refractivity contribution in [3.05, 3.63) is 34.7 Å². The first-order valence-electron chi connectivity index (χ1n) is 8.24. The number of aryl methyl sites for hydroxylation is 1. The second-order valence-electron chi connectivity index (χ2n) is 6.00. The van der Waals surface area contributed by atoms with E-state index in [1.165, 1.54) is 0 Å². The molecule has 6 heteroatoms. The molecule has 0 aromatic carbocycles. The minimum Gasteiger partial charge on any atom is -0.396 e. The molecule has 1 N–H and O–H groups in total. The summed E-state index contributed by atoms with van der Waals surface area (Å²) in [7, 11) is 0. The van der Waals surface area contributed by atoms with Crippen LogP contribution in [0.25, 0.3) is 5.65 Å². The SMILES string of the molecule is CCc1nc2ccc(Cl)cn2c1C(=O)N1CCCCC1CCO. The Bertz CT molecular complexity index is 711. The van der Waals surface area contributed by atoms with E-state index in [0.29, 0.717) is 23.6 Å². The van der Waals surface area contributed by atoms with Crippen molar-refractivity contribution in [1.29, 1.82) is 0 Å². The van der Waals surface area contributed by atoms with E-state index < -0.39 is 0 Å². The summed E-state index contributed by atoms with van der Waals surface area (Å²) in [6, 6.07) is 3.72. The van der Waals surface area contributed by atoms with Crippen molar-refractivity contribution in [2.45, 2.75) is 45.1 Å². The standard InChI is InChI=1S/C17H22ClN3O2/c1-2-14-16(21-11-12(18)6-7-15(21)19-14)17(23)20-9-4-3-5-13(20)8-10-22/h6-7,11,13,22H,2-5,8-10H2,1H3. The van der Waals surface area contributed by atoms with Gasteiger partial charge in [0.2, 0.25) is 0 Å². The number of nitrogens with zero attached hydrogens (tertiary/aromatic N) is 3. The van der Waals surface area contributed by atoms with Gasteiger partial charge in [0, 0.05) is 25.4 Å². The fourth-order valence-corrected chi connectivity index (χ4v) is 3.55. The van der Waals surface area contributed by atoms with Crippen molar-refractivity contribution in [2.24, 2.45) is 0 Å². The number of aliphatic hydroxyl groups excluding tert-OH is 1. The smallest absolute Gasteiger partial charge is 0.273 e. The molecule has 1 unspecified atom stereocenters. The Morgan fingerprint density at radius 3 is 3.00 bits per heavy atom. The third kappa shape index (κ3) is 3.08. The first kappa shape index (κ1) is 16.3. The summed E-state index contributed by atoms with van der Waals surface area (Å²) in [6.07, 6.45) is 6.14. The average Bonchev–Trinajstić information content (AvgIpc) is 2.92. The molecule has 0 radical (unpaired) electrons. The van der Waals surface area contributed by atoms with E-state index in [4.69, 9.17) is 11.6 Å². The maximum absolute atomic E-state index is 13.2. The highest BCUT2D eigenvalue weighted by molar-refractivity contribution is 6.30. The Kier molecular flexibility index (Phi) is 4.87. The van der Waals surface area contributed by atoms with Crippen LogP contribution in [0.5, 0.6) is 0 Å². The summed E-state index contributed by atoms with van der Waals surface area (Å²) in [4.78, 5) is 19.7. The lowest BCUT2D eigenvalue weighted by Gasteiger charge is -2.35. The van der Waals surface area contributed by atoms with Crippen LogP contribution in [-0.2, 0) is 6.42 Å². The second-order valence-corrected chi connectivity index (χ2v) is 6.43. The van der Waals surface area contributed by atoms with Crippen molar-refractivity contribution < 1.29 is 9.90 Å². The second kappa shape index (κ2) is 6.89. The van der Waals surface area contributed by atoms with Gasteiger partial charge < -0.3 is 10.0 Å². The first-order chi connectivity index (χ1) is 11.2. The predicted octanol–water partition coefficient (Wildman–Crippen LogP) is 2.93. The lowest BCUT2D eigenvalue weighted by Crippen LogP contribution is -2.44. The maximum Gasteiger partial charge on any atom is 0.273 e. The maximum atomic E-state index is 13.2. The summed E-state index contributed by atoms with van der Waals surface area (Å²) < 4.78 is 1.80. The molecule has 124 valence electrons. The number of carbonyl (C=O) groups is 1. The molecule has 1 fully saturated rings. The van der Waals surface area contributed by atoms with Crippen LogP contribution in [0, 0.1) is 0 Å². The van der Waals surface area contributed by atoms with Gasteiger partial charge >= 0.3 is 0 Å². The summed E-state index contributed by atoms with van der Waals surface area (Å²) in [5.41, 5.74) is 2.14. The molecule has 3 rings (SSSR count). The molecule has 0 bridgehead atoms. The van der Waals surface area contributed by atoms with E-state index in [2.05, 4.69) is 4.98 Å². The number of aliphatic hydroxyl groups is 1. The molecule has 1 aliphatic rings. The summed E-state index contributed by atoms with van der Waals surface area (Å²) in [5.74, 6) is -0.00485. The number of pyridine rings is 1. The van der Waals surface area contributed by atoms with Gasteiger partial charge in [-0.1, -0.05) is 18.5 Å². The zero-order valence-electron chi connectivity index (χ0n) is 13.3. The molecule has 0 aliphatic carbocycles. The van der Waals surface area contributed by atoms with E-state index in [1.807, 2.05) is 17.9 Å². The highest BCUT2D eigenvalue weighted by Gasteiger charge is 2.30. The first-order valence-corrected chi connectivity index (χ1v) is 8.61. The lowest BCUT2D eigenvalue weighted by molar-refractivity contribution is 0.0566. The molecule has 1 aliphatic heterocycles. The van der Waals surface area contributed by atoms with E-state index in [9.17, 15) is 9.90 Å². The van der Waals surface area contributed by atoms with Crippen LogP contribution in [0.3, 0.4) is 0 Å². The molecular formula is C17H22ClN3O2. The average molecular weight is 336 g/mol. The highest BCUT2D eigenvalue weighted by Crippen LogP contribution is 2.25. The van der Waals surface area contributed by atoms with E-state index in [0.717, 1.165) is 37.1 Å². The van der Waals surface area contributed by atoms with Crippen LogP contribution in [0.1, 0.15) is 48.8 Å². The molecule has 1 amide bonds. The number of amides is 1. The zero-order chi connectivity index (χ0) is 16.4. The number of rotatable bonds is 4. The lowest BCUT2D eigenvalue weighted by atomic mass is 9.99. The zero-order valence-corrected chi connectivity index (χ0v) is 14.1. The molecule has 3 heterocycles. The Balaban J connectivity index is 2.03. The number of hydrogen-bond acceptors (Lipinski definition) is 3. The van der Waals surface area contributed by atoms with Crippen LogP contribution < -0.4 is 0 Å². The number of hydrogen-bond donors (Lipinski definition) is 1. The Hall–Kier alpha value is -1.59. The van der Waals surface area contributed by atoms with E-state index >= 15 is 0 Å². The number of likely N-dealkylation sites (tertiary alicyclic amines) is 1. The Labute approximate surface area is 140 Å². The molecule has 2 aromatic rings. The summed E-state index contributed by atoms with van der Waals surface area (Å²) in [6.45, 7) is 2.84. The third-order valence-electron chi connectivity index (χ3n) is 4.54. The highest BCUT2D eigenvalue weighted by atomic mass is 35.5. The minimum absolute atomic E-state index is 0.00485. The number of aromatic nitrogens is 2. The van der Waals surface area contributed by atoms with Crippen LogP contribution in [-0.4, -0.2) is 44.5 Å². The van der Waals surface area contributed by atoms with Gasteiger partial charge in [-0.15, -0.1) is 0 Å². The van der Waals surface area contributed by atoms with Gasteiger partial charge in [0.1, 0.15) is 11.3 Å². The molecule has 2 aromatic heterocycles. The molecular weight excluding hydrogens is 314 g/mol. The number of carbonyl (C=O) groups excluding carboxylic acids is 1. The van der Waals surface area contributed by atoms with Crippen molar-refractivity contribution >= 4 is 23.2 Å². The third-order valence-corrected chi connectivity index (χ3v) is 4.77. The normalized spacial score (nSPS) is 18.6. The quantitative estimate of drug-likeness (QED) is 0.934. The number of fused-ring (bicyclic) bond motifs is 1. The van der Waals surface area contributed by atoms with Gasteiger partial charge in [0.15, 0.2) is 0 Å². The topological polar surface area (TPSA) is 57.8 Å². The molecule has 0 saturated carbocycles. The number of piperidine rings is 1. The van der Waals surface area contributed by atoms with E-state index in [1.54, 1.807) is 16.7 Å². The van der Waals surface area contributed by atoms with Crippen molar-refractivity contribution in [2.75, 3.05) is 13.2 Å². The van der Waals surface area contributed by atoms with Crippen LogP contribution in [0.4, 0.5) is 0 Å². The van der Waals surface area contributed by atoms with Crippen molar-refractivity contribution in [1.82, 2.24) is 14.3 Å². The summed E-state index contributed by atoms with van der Waals surface area (Å²) >= 11 is 6.11. The van der Waals surface area contributed by atoms with Gasteiger partial charge in [-0.25, -0.2) is 4.98 Å². The van der Waals surface area contributed by atoms with Gasteiger partial charge in [-0.2, -0.15) is 0 Å². The molecule has 0 spiro atoms.